The number of para-hydroxylation sites is 1. The molecule has 0 aliphatic rings. The minimum absolute atomic E-state index is 0.195. The van der Waals surface area contributed by atoms with E-state index in [4.69, 9.17) is 0 Å². The molecule has 7 nitrogen and oxygen atoms in total. The molecule has 0 bridgehead atoms. The van der Waals surface area contributed by atoms with Gasteiger partial charge < -0.3 is 15.5 Å². The van der Waals surface area contributed by atoms with Gasteiger partial charge in [-0.2, -0.15) is 0 Å². The number of amides is 3. The fourth-order valence-electron chi connectivity index (χ4n) is 3.00. The van der Waals surface area contributed by atoms with E-state index in [-0.39, 0.29) is 17.7 Å². The van der Waals surface area contributed by atoms with Crippen LogP contribution in [0.4, 0.5) is 11.4 Å². The lowest BCUT2D eigenvalue weighted by molar-refractivity contribution is -0.120. The summed E-state index contributed by atoms with van der Waals surface area (Å²) in [5.41, 5.74) is 2.06. The Labute approximate surface area is 174 Å². The molecule has 30 heavy (non-hydrogen) atoms. The zero-order valence-corrected chi connectivity index (χ0v) is 16.7. The number of hydrogen-bond acceptors (Lipinski definition) is 4. The summed E-state index contributed by atoms with van der Waals surface area (Å²) in [4.78, 5) is 43.0. The molecule has 1 heterocycles. The third-order valence-corrected chi connectivity index (χ3v) is 4.42. The third kappa shape index (κ3) is 5.08. The van der Waals surface area contributed by atoms with E-state index in [1.165, 1.54) is 11.8 Å². The van der Waals surface area contributed by atoms with E-state index in [0.717, 1.165) is 0 Å². The highest BCUT2D eigenvalue weighted by molar-refractivity contribution is 6.01. The van der Waals surface area contributed by atoms with E-state index >= 15 is 0 Å². The van der Waals surface area contributed by atoms with Gasteiger partial charge in [-0.25, -0.2) is 0 Å². The Morgan fingerprint density at radius 1 is 0.833 bits per heavy atom. The molecule has 3 rings (SSSR count). The third-order valence-electron chi connectivity index (χ3n) is 4.42. The molecule has 0 aliphatic heterocycles. The van der Waals surface area contributed by atoms with E-state index in [9.17, 15) is 14.4 Å². The lowest BCUT2D eigenvalue weighted by Gasteiger charge is -2.27. The van der Waals surface area contributed by atoms with Gasteiger partial charge >= 0.3 is 0 Å². The number of carbonyl (C=O) groups excluding carboxylic acids is 3. The van der Waals surface area contributed by atoms with Crippen LogP contribution in [0.5, 0.6) is 0 Å². The second-order valence-electron chi connectivity index (χ2n) is 6.69. The van der Waals surface area contributed by atoms with Crippen molar-refractivity contribution in [2.75, 3.05) is 17.7 Å². The summed E-state index contributed by atoms with van der Waals surface area (Å²) < 4.78 is 0. The Bertz CT molecular complexity index is 1020. The van der Waals surface area contributed by atoms with Crippen molar-refractivity contribution in [1.29, 1.82) is 0 Å². The summed E-state index contributed by atoms with van der Waals surface area (Å²) in [6.07, 6.45) is 1.58. The number of pyridine rings is 1. The maximum Gasteiger partial charge on any atom is 0.254 e. The predicted octanol–water partition coefficient (Wildman–Crippen LogP) is 3.49. The first kappa shape index (κ1) is 20.7. The van der Waals surface area contributed by atoms with Gasteiger partial charge in [-0.15, -0.1) is 0 Å². The van der Waals surface area contributed by atoms with Crippen LogP contribution < -0.4 is 10.6 Å². The van der Waals surface area contributed by atoms with Crippen molar-refractivity contribution in [3.63, 3.8) is 0 Å². The van der Waals surface area contributed by atoms with Gasteiger partial charge in [-0.3, -0.25) is 19.4 Å². The zero-order chi connectivity index (χ0) is 21.5. The van der Waals surface area contributed by atoms with Crippen LogP contribution in [-0.4, -0.2) is 34.7 Å². The highest BCUT2D eigenvalue weighted by Gasteiger charge is 2.30. The second kappa shape index (κ2) is 9.47. The van der Waals surface area contributed by atoms with Gasteiger partial charge in [0.25, 0.3) is 11.8 Å². The lowest BCUT2D eigenvalue weighted by Crippen LogP contribution is -2.39. The van der Waals surface area contributed by atoms with Gasteiger partial charge in [-0.05, 0) is 48.5 Å². The van der Waals surface area contributed by atoms with Crippen LogP contribution >= 0.6 is 0 Å². The molecule has 1 atom stereocenters. The molecular formula is C23H22N4O3. The van der Waals surface area contributed by atoms with Crippen LogP contribution in [0.25, 0.3) is 0 Å². The van der Waals surface area contributed by atoms with Crippen molar-refractivity contribution < 1.29 is 14.4 Å². The molecule has 0 spiro atoms. The average molecular weight is 402 g/mol. The van der Waals surface area contributed by atoms with Gasteiger partial charge in [0.1, 0.15) is 0 Å². The van der Waals surface area contributed by atoms with E-state index in [1.54, 1.807) is 67.8 Å². The summed E-state index contributed by atoms with van der Waals surface area (Å²) in [5.74, 6) is -0.909. The monoisotopic (exact) mass is 402 g/mol. The summed E-state index contributed by atoms with van der Waals surface area (Å²) in [6, 6.07) is 19.8. The first-order valence-electron chi connectivity index (χ1n) is 9.37. The predicted molar refractivity (Wildman–Crippen MR) is 115 cm³/mol. The molecule has 0 saturated carbocycles. The number of nitrogens with one attached hydrogen (secondary N) is 2. The van der Waals surface area contributed by atoms with Crippen LogP contribution in [0.3, 0.4) is 0 Å². The molecular weight excluding hydrogens is 380 g/mol. The molecule has 3 amide bonds. The quantitative estimate of drug-likeness (QED) is 0.660. The number of hydrogen-bond donors (Lipinski definition) is 2. The van der Waals surface area contributed by atoms with Crippen LogP contribution in [0.15, 0.2) is 79.0 Å². The summed E-state index contributed by atoms with van der Waals surface area (Å²) in [7, 11) is 1.56. The number of aromatic nitrogens is 1. The Morgan fingerprint density at radius 2 is 1.47 bits per heavy atom. The first-order chi connectivity index (χ1) is 14.5. The molecule has 7 heteroatoms. The van der Waals surface area contributed by atoms with Crippen molar-refractivity contribution >= 4 is 29.1 Å². The molecule has 2 aromatic carbocycles. The van der Waals surface area contributed by atoms with Crippen molar-refractivity contribution in [1.82, 2.24) is 9.88 Å². The normalized spacial score (nSPS) is 11.3. The summed E-state index contributed by atoms with van der Waals surface area (Å²) >= 11 is 0. The molecule has 0 saturated heterocycles. The number of nitrogens with zero attached hydrogens (tertiary/aromatic N) is 2. The molecule has 152 valence electrons. The maximum atomic E-state index is 13.1. The minimum atomic E-state index is -0.922. The van der Waals surface area contributed by atoms with E-state index < -0.39 is 6.04 Å². The van der Waals surface area contributed by atoms with Crippen LogP contribution in [-0.2, 0) is 9.59 Å². The van der Waals surface area contributed by atoms with Gasteiger partial charge in [0.05, 0.1) is 5.69 Å². The number of rotatable bonds is 6. The van der Waals surface area contributed by atoms with E-state index in [0.29, 0.717) is 22.6 Å². The van der Waals surface area contributed by atoms with Crippen molar-refractivity contribution in [3.8, 4) is 0 Å². The van der Waals surface area contributed by atoms with Crippen LogP contribution in [0.1, 0.15) is 29.0 Å². The highest BCUT2D eigenvalue weighted by atomic mass is 16.2. The maximum absolute atomic E-state index is 13.1. The Balaban J connectivity index is 1.86. The average Bonchev–Trinajstić information content (AvgIpc) is 2.75. The fraction of sp³-hybridized carbons (Fsp3) is 0.130. The van der Waals surface area contributed by atoms with Gasteiger partial charge in [-0.1, -0.05) is 24.3 Å². The highest BCUT2D eigenvalue weighted by Crippen LogP contribution is 2.22. The number of likely N-dealkylation sites (N-methyl/N-ethyl adjacent to an activating group) is 1. The smallest absolute Gasteiger partial charge is 0.254 e. The fourth-order valence-corrected chi connectivity index (χ4v) is 3.00. The van der Waals surface area contributed by atoms with E-state index in [2.05, 4.69) is 15.6 Å². The Morgan fingerprint density at radius 3 is 2.07 bits per heavy atom. The molecule has 0 radical (unpaired) electrons. The lowest BCUT2D eigenvalue weighted by atomic mass is 10.1. The SMILES string of the molecule is CC(=O)Nc1ccc(C(=O)N(C)[C@H](C(=O)Nc2ccccc2)c2ccccn2)cc1. The number of benzene rings is 2. The molecule has 0 aliphatic carbocycles. The van der Waals surface area contributed by atoms with Crippen molar-refractivity contribution in [2.45, 2.75) is 13.0 Å². The van der Waals surface area contributed by atoms with E-state index in [1.807, 2.05) is 18.2 Å². The minimum Gasteiger partial charge on any atom is -0.326 e. The number of carbonyl (C=O) groups is 3. The van der Waals surface area contributed by atoms with Crippen LogP contribution in [0.2, 0.25) is 0 Å². The van der Waals surface area contributed by atoms with Crippen molar-refractivity contribution in [2.24, 2.45) is 0 Å². The topological polar surface area (TPSA) is 91.4 Å². The standard InChI is InChI=1S/C23H22N4O3/c1-16(28)25-19-13-11-17(12-14-19)23(30)27(2)21(20-10-6-7-15-24-20)22(29)26-18-8-4-3-5-9-18/h3-15,21H,1-2H3,(H,25,28)(H,26,29)/t21-/m0/s1. The molecule has 0 fully saturated rings. The zero-order valence-electron chi connectivity index (χ0n) is 16.7. The van der Waals surface area contributed by atoms with Gasteiger partial charge in [0.15, 0.2) is 6.04 Å². The summed E-state index contributed by atoms with van der Waals surface area (Å²) in [6.45, 7) is 1.41. The molecule has 0 unspecified atom stereocenters. The second-order valence-corrected chi connectivity index (χ2v) is 6.69. The van der Waals surface area contributed by atoms with Crippen LogP contribution in [0, 0.1) is 0 Å². The Hall–Kier alpha value is -4.00. The first-order valence-corrected chi connectivity index (χ1v) is 9.37. The van der Waals surface area contributed by atoms with Crippen molar-refractivity contribution in [3.05, 3.63) is 90.3 Å². The van der Waals surface area contributed by atoms with Gasteiger partial charge in [0, 0.05) is 37.1 Å². The number of anilines is 2. The summed E-state index contributed by atoms with van der Waals surface area (Å²) in [5, 5.41) is 5.49. The molecule has 3 aromatic rings. The van der Waals surface area contributed by atoms with Gasteiger partial charge in [0.2, 0.25) is 5.91 Å². The largest absolute Gasteiger partial charge is 0.326 e. The molecule has 1 aromatic heterocycles. The Kier molecular flexibility index (Phi) is 6.54. The molecule has 2 N–H and O–H groups in total.